The molecule has 0 bridgehead atoms. The van der Waals surface area contributed by atoms with Gasteiger partial charge in [0.1, 0.15) is 11.6 Å². The summed E-state index contributed by atoms with van der Waals surface area (Å²) in [6.45, 7) is 1.03. The summed E-state index contributed by atoms with van der Waals surface area (Å²) in [5.74, 6) is -0.189. The molecule has 1 saturated heterocycles. The van der Waals surface area contributed by atoms with E-state index in [1.165, 1.54) is 16.4 Å². The van der Waals surface area contributed by atoms with Crippen LogP contribution in [0.3, 0.4) is 0 Å². The van der Waals surface area contributed by atoms with Crippen molar-refractivity contribution in [3.05, 3.63) is 59.9 Å². The number of nitrogens with one attached hydrogen (secondary N) is 1. The summed E-state index contributed by atoms with van der Waals surface area (Å²) in [4.78, 5) is 12.6. The number of halogens is 1. The Kier molecular flexibility index (Phi) is 7.44. The Hall–Kier alpha value is -2.45. The van der Waals surface area contributed by atoms with E-state index in [1.807, 2.05) is 24.3 Å². The monoisotopic (exact) mass is 434 g/mol. The second-order valence-electron chi connectivity index (χ2n) is 7.40. The Morgan fingerprint density at radius 3 is 2.73 bits per heavy atom. The summed E-state index contributed by atoms with van der Waals surface area (Å²) in [5, 5.41) is 2.93. The van der Waals surface area contributed by atoms with E-state index in [2.05, 4.69) is 5.32 Å². The normalized spacial score (nSPS) is 17.5. The van der Waals surface area contributed by atoms with Gasteiger partial charge >= 0.3 is 0 Å². The topological polar surface area (TPSA) is 75.7 Å². The average Bonchev–Trinajstić information content (AvgIpc) is 2.77. The fourth-order valence-corrected chi connectivity index (χ4v) is 5.13. The van der Waals surface area contributed by atoms with Crippen LogP contribution in [0.25, 0.3) is 0 Å². The van der Waals surface area contributed by atoms with Gasteiger partial charge in [-0.25, -0.2) is 12.8 Å². The van der Waals surface area contributed by atoms with E-state index < -0.39 is 15.8 Å². The summed E-state index contributed by atoms with van der Waals surface area (Å²) in [5.41, 5.74) is 1.14. The zero-order chi connectivity index (χ0) is 21.6. The van der Waals surface area contributed by atoms with Gasteiger partial charge in [-0.3, -0.25) is 4.79 Å². The van der Waals surface area contributed by atoms with Crippen molar-refractivity contribution in [1.29, 1.82) is 0 Å². The lowest BCUT2D eigenvalue weighted by atomic mass is 9.99. The zero-order valence-corrected chi connectivity index (χ0v) is 17.8. The fourth-order valence-electron chi connectivity index (χ4n) is 3.61. The Labute approximate surface area is 177 Å². The molecule has 6 nitrogen and oxygen atoms in total. The highest BCUT2D eigenvalue weighted by Crippen LogP contribution is 2.24. The lowest BCUT2D eigenvalue weighted by Crippen LogP contribution is -2.45. The van der Waals surface area contributed by atoms with E-state index in [0.29, 0.717) is 25.9 Å². The first-order chi connectivity index (χ1) is 14.4. The standard InChI is InChI=1S/C22H27FN2O4S/c1-29-20-8-2-5-17(15-20)6-3-13-24-22(26)18-7-4-14-25(16-18)30(27,28)21-11-9-19(23)10-12-21/h2,5,8-12,15,18H,3-4,6-7,13-14,16H2,1H3,(H,24,26)/t18-/m1/s1. The molecule has 0 radical (unpaired) electrons. The fraction of sp³-hybridized carbons (Fsp3) is 0.409. The van der Waals surface area contributed by atoms with Gasteiger partial charge in [0.2, 0.25) is 15.9 Å². The maximum Gasteiger partial charge on any atom is 0.243 e. The third-order valence-electron chi connectivity index (χ3n) is 5.28. The third-order valence-corrected chi connectivity index (χ3v) is 7.16. The number of carbonyl (C=O) groups excluding carboxylic acids is 1. The molecule has 3 rings (SSSR count). The van der Waals surface area contributed by atoms with Crippen molar-refractivity contribution in [2.24, 2.45) is 5.92 Å². The summed E-state index contributed by atoms with van der Waals surface area (Å²) in [6, 6.07) is 12.6. The highest BCUT2D eigenvalue weighted by molar-refractivity contribution is 7.89. The number of aryl methyl sites for hydroxylation is 1. The first-order valence-corrected chi connectivity index (χ1v) is 11.5. The van der Waals surface area contributed by atoms with E-state index in [4.69, 9.17) is 4.74 Å². The molecule has 0 unspecified atom stereocenters. The van der Waals surface area contributed by atoms with E-state index in [1.54, 1.807) is 7.11 Å². The molecule has 0 saturated carbocycles. The van der Waals surface area contributed by atoms with Gasteiger partial charge in [-0.15, -0.1) is 0 Å². The maximum atomic E-state index is 13.1. The van der Waals surface area contributed by atoms with E-state index in [0.717, 1.165) is 36.3 Å². The number of hydrogen-bond donors (Lipinski definition) is 1. The number of methoxy groups -OCH3 is 1. The Balaban J connectivity index is 1.50. The lowest BCUT2D eigenvalue weighted by molar-refractivity contribution is -0.126. The zero-order valence-electron chi connectivity index (χ0n) is 17.0. The van der Waals surface area contributed by atoms with Crippen LogP contribution >= 0.6 is 0 Å². The van der Waals surface area contributed by atoms with Gasteiger partial charge in [0.25, 0.3) is 0 Å². The van der Waals surface area contributed by atoms with Gasteiger partial charge < -0.3 is 10.1 Å². The second kappa shape index (κ2) is 10.0. The summed E-state index contributed by atoms with van der Waals surface area (Å²) in [7, 11) is -2.11. The molecule has 1 atom stereocenters. The van der Waals surface area contributed by atoms with Crippen molar-refractivity contribution < 1.29 is 22.3 Å². The average molecular weight is 435 g/mol. The minimum atomic E-state index is -3.74. The van der Waals surface area contributed by atoms with E-state index in [-0.39, 0.29) is 23.3 Å². The molecule has 2 aromatic carbocycles. The molecule has 162 valence electrons. The summed E-state index contributed by atoms with van der Waals surface area (Å²) in [6.07, 6.45) is 2.86. The molecule has 1 aliphatic rings. The molecule has 1 amide bonds. The van der Waals surface area contributed by atoms with Crippen LogP contribution in [0.1, 0.15) is 24.8 Å². The van der Waals surface area contributed by atoms with Crippen LogP contribution in [-0.4, -0.2) is 45.4 Å². The molecular weight excluding hydrogens is 407 g/mol. The van der Waals surface area contributed by atoms with Crippen LogP contribution in [0.5, 0.6) is 5.75 Å². The summed E-state index contributed by atoms with van der Waals surface area (Å²) < 4.78 is 45.2. The SMILES string of the molecule is COc1cccc(CCCNC(=O)[C@@H]2CCCN(S(=O)(=O)c3ccc(F)cc3)C2)c1. The van der Waals surface area contributed by atoms with Crippen molar-refractivity contribution in [2.75, 3.05) is 26.7 Å². The van der Waals surface area contributed by atoms with Gasteiger partial charge in [-0.05, 0) is 67.6 Å². The number of piperidine rings is 1. The van der Waals surface area contributed by atoms with E-state index >= 15 is 0 Å². The molecule has 1 aliphatic heterocycles. The van der Waals surface area contributed by atoms with Gasteiger partial charge in [0.15, 0.2) is 0 Å². The van der Waals surface area contributed by atoms with Gasteiger partial charge in [-0.2, -0.15) is 4.31 Å². The second-order valence-corrected chi connectivity index (χ2v) is 9.34. The van der Waals surface area contributed by atoms with Crippen molar-refractivity contribution in [1.82, 2.24) is 9.62 Å². The largest absolute Gasteiger partial charge is 0.497 e. The summed E-state index contributed by atoms with van der Waals surface area (Å²) >= 11 is 0. The molecule has 1 N–H and O–H groups in total. The molecular formula is C22H27FN2O4S. The Bertz CT molecular complexity index is 963. The smallest absolute Gasteiger partial charge is 0.243 e. The highest BCUT2D eigenvalue weighted by Gasteiger charge is 2.33. The highest BCUT2D eigenvalue weighted by atomic mass is 32.2. The predicted octanol–water partition coefficient (Wildman–Crippen LogP) is 2.98. The molecule has 0 aliphatic carbocycles. The first-order valence-electron chi connectivity index (χ1n) is 10.1. The molecule has 2 aromatic rings. The van der Waals surface area contributed by atoms with Crippen LogP contribution in [-0.2, 0) is 21.2 Å². The molecule has 1 fully saturated rings. The quantitative estimate of drug-likeness (QED) is 0.648. The van der Waals surface area contributed by atoms with Crippen LogP contribution in [0.15, 0.2) is 53.4 Å². The number of benzene rings is 2. The minimum absolute atomic E-state index is 0.0447. The van der Waals surface area contributed by atoms with Crippen molar-refractivity contribution in [2.45, 2.75) is 30.6 Å². The Morgan fingerprint density at radius 1 is 1.23 bits per heavy atom. The van der Waals surface area contributed by atoms with E-state index in [9.17, 15) is 17.6 Å². The number of sulfonamides is 1. The maximum absolute atomic E-state index is 13.1. The van der Waals surface area contributed by atoms with Crippen LogP contribution in [0.2, 0.25) is 0 Å². The van der Waals surface area contributed by atoms with Crippen LogP contribution in [0.4, 0.5) is 4.39 Å². The Morgan fingerprint density at radius 2 is 2.00 bits per heavy atom. The predicted molar refractivity (Wildman–Crippen MR) is 112 cm³/mol. The van der Waals surface area contributed by atoms with Crippen molar-refractivity contribution in [3.63, 3.8) is 0 Å². The van der Waals surface area contributed by atoms with Crippen molar-refractivity contribution >= 4 is 15.9 Å². The van der Waals surface area contributed by atoms with Gasteiger partial charge in [0, 0.05) is 19.6 Å². The number of rotatable bonds is 8. The number of ether oxygens (including phenoxy) is 1. The number of nitrogens with zero attached hydrogens (tertiary/aromatic N) is 1. The van der Waals surface area contributed by atoms with Crippen molar-refractivity contribution in [3.8, 4) is 5.75 Å². The molecule has 8 heteroatoms. The number of carbonyl (C=O) groups is 1. The molecule has 0 spiro atoms. The molecule has 1 heterocycles. The number of hydrogen-bond acceptors (Lipinski definition) is 4. The van der Waals surface area contributed by atoms with Crippen LogP contribution in [0, 0.1) is 11.7 Å². The minimum Gasteiger partial charge on any atom is -0.497 e. The molecule has 0 aromatic heterocycles. The third kappa shape index (κ3) is 5.58. The van der Waals surface area contributed by atoms with Gasteiger partial charge in [0.05, 0.1) is 17.9 Å². The lowest BCUT2D eigenvalue weighted by Gasteiger charge is -2.31. The molecule has 30 heavy (non-hydrogen) atoms. The van der Waals surface area contributed by atoms with Crippen LogP contribution < -0.4 is 10.1 Å². The number of amides is 1. The first kappa shape index (κ1) is 22.2. The van der Waals surface area contributed by atoms with Gasteiger partial charge in [-0.1, -0.05) is 12.1 Å².